The van der Waals surface area contributed by atoms with Crippen molar-refractivity contribution in [1.29, 1.82) is 0 Å². The maximum absolute atomic E-state index is 5.84. The van der Waals surface area contributed by atoms with E-state index in [4.69, 9.17) is 5.73 Å². The van der Waals surface area contributed by atoms with Gasteiger partial charge in [-0.05, 0) is 19.8 Å². The van der Waals surface area contributed by atoms with E-state index < -0.39 is 0 Å². The Kier molecular flexibility index (Phi) is 2.61. The lowest BCUT2D eigenvalue weighted by Gasteiger charge is -2.21. The fourth-order valence-electron chi connectivity index (χ4n) is 2.10. The molecule has 14 heavy (non-hydrogen) atoms. The van der Waals surface area contributed by atoms with Crippen LogP contribution in [-0.2, 0) is 0 Å². The smallest absolute Gasteiger partial charge is 0.150 e. The van der Waals surface area contributed by atoms with Gasteiger partial charge in [-0.2, -0.15) is 0 Å². The molecule has 1 saturated carbocycles. The van der Waals surface area contributed by atoms with Crippen molar-refractivity contribution in [2.24, 2.45) is 0 Å². The van der Waals surface area contributed by atoms with Crippen LogP contribution < -0.4 is 5.73 Å². The Morgan fingerprint density at radius 3 is 2.50 bits per heavy atom. The van der Waals surface area contributed by atoms with Gasteiger partial charge in [0.1, 0.15) is 17.3 Å². The van der Waals surface area contributed by atoms with Gasteiger partial charge < -0.3 is 5.73 Å². The number of nitrogen functional groups attached to an aromatic ring is 1. The fraction of sp³-hybridized carbons (Fsp3) is 0.700. The highest BCUT2D eigenvalue weighted by Crippen LogP contribution is 2.33. The van der Waals surface area contributed by atoms with Gasteiger partial charge in [0, 0.05) is 5.92 Å². The van der Waals surface area contributed by atoms with Crippen molar-refractivity contribution in [3.8, 4) is 0 Å². The molecule has 4 heteroatoms. The summed E-state index contributed by atoms with van der Waals surface area (Å²) in [6.07, 6.45) is 6.26. The van der Waals surface area contributed by atoms with Crippen LogP contribution in [0.25, 0.3) is 0 Å². The zero-order chi connectivity index (χ0) is 9.97. The van der Waals surface area contributed by atoms with Crippen molar-refractivity contribution in [2.75, 3.05) is 5.73 Å². The predicted octanol–water partition coefficient (Wildman–Crippen LogP) is 1.81. The van der Waals surface area contributed by atoms with Gasteiger partial charge in [0.25, 0.3) is 0 Å². The number of hydrogen-bond donors (Lipinski definition) is 1. The number of rotatable bonds is 1. The molecule has 2 rings (SSSR count). The minimum Gasteiger partial charge on any atom is -0.382 e. The Hall–Kier alpha value is -1.19. The number of hydrogen-bond acceptors (Lipinski definition) is 4. The van der Waals surface area contributed by atoms with E-state index >= 15 is 0 Å². The van der Waals surface area contributed by atoms with Crippen molar-refractivity contribution in [3.05, 3.63) is 11.5 Å². The van der Waals surface area contributed by atoms with E-state index in [9.17, 15) is 0 Å². The van der Waals surface area contributed by atoms with Gasteiger partial charge in [-0.15, -0.1) is 10.2 Å². The molecular formula is C10H16N4. The molecule has 1 aromatic rings. The van der Waals surface area contributed by atoms with Gasteiger partial charge in [0.2, 0.25) is 0 Å². The van der Waals surface area contributed by atoms with Crippen molar-refractivity contribution in [2.45, 2.75) is 44.9 Å². The van der Waals surface area contributed by atoms with E-state index in [-0.39, 0.29) is 0 Å². The zero-order valence-corrected chi connectivity index (χ0v) is 8.53. The summed E-state index contributed by atoms with van der Waals surface area (Å²) in [4.78, 5) is 4.15. The fourth-order valence-corrected chi connectivity index (χ4v) is 2.10. The first-order chi connectivity index (χ1) is 6.77. The Labute approximate surface area is 83.9 Å². The summed E-state index contributed by atoms with van der Waals surface area (Å²) >= 11 is 0. The number of nitrogens with two attached hydrogens (primary N) is 1. The molecule has 0 atom stereocenters. The quantitative estimate of drug-likeness (QED) is 0.737. The summed E-state index contributed by atoms with van der Waals surface area (Å²) in [5.74, 6) is 1.72. The van der Waals surface area contributed by atoms with Gasteiger partial charge in [-0.3, -0.25) is 0 Å². The molecule has 1 aliphatic carbocycles. The topological polar surface area (TPSA) is 64.7 Å². The number of aryl methyl sites for hydroxylation is 1. The monoisotopic (exact) mass is 192 g/mol. The second kappa shape index (κ2) is 3.90. The molecule has 0 unspecified atom stereocenters. The molecule has 0 aliphatic heterocycles. The maximum Gasteiger partial charge on any atom is 0.150 e. The van der Waals surface area contributed by atoms with Crippen molar-refractivity contribution < 1.29 is 0 Å². The van der Waals surface area contributed by atoms with E-state index in [0.29, 0.717) is 17.6 Å². The number of nitrogens with zero attached hydrogens (tertiary/aromatic N) is 3. The summed E-state index contributed by atoms with van der Waals surface area (Å²) in [6, 6.07) is 0. The molecule has 2 N–H and O–H groups in total. The minimum absolute atomic E-state index is 0.490. The Morgan fingerprint density at radius 1 is 1.14 bits per heavy atom. The van der Waals surface area contributed by atoms with Crippen molar-refractivity contribution >= 4 is 5.82 Å². The molecule has 0 saturated heterocycles. The van der Waals surface area contributed by atoms with Gasteiger partial charge in [-0.1, -0.05) is 19.3 Å². The molecule has 0 aromatic carbocycles. The van der Waals surface area contributed by atoms with E-state index in [2.05, 4.69) is 15.2 Å². The van der Waals surface area contributed by atoms with Gasteiger partial charge in [0.15, 0.2) is 0 Å². The van der Waals surface area contributed by atoms with Crippen LogP contribution in [0.3, 0.4) is 0 Å². The molecule has 0 radical (unpaired) electrons. The first-order valence-electron chi connectivity index (χ1n) is 5.24. The highest BCUT2D eigenvalue weighted by molar-refractivity contribution is 5.35. The largest absolute Gasteiger partial charge is 0.382 e. The van der Waals surface area contributed by atoms with Crippen molar-refractivity contribution in [3.63, 3.8) is 0 Å². The zero-order valence-electron chi connectivity index (χ0n) is 8.53. The molecular weight excluding hydrogens is 176 g/mol. The summed E-state index contributed by atoms with van der Waals surface area (Å²) in [5, 5.41) is 8.14. The number of aromatic nitrogens is 3. The second-order valence-electron chi connectivity index (χ2n) is 3.96. The van der Waals surface area contributed by atoms with E-state index in [1.165, 1.54) is 32.1 Å². The van der Waals surface area contributed by atoms with Gasteiger partial charge in [0.05, 0.1) is 0 Å². The summed E-state index contributed by atoms with van der Waals surface area (Å²) in [7, 11) is 0. The SMILES string of the molecule is Cc1nnc(C2CCCCC2)c(N)n1. The lowest BCUT2D eigenvalue weighted by atomic mass is 9.87. The predicted molar refractivity (Wildman–Crippen MR) is 54.8 cm³/mol. The van der Waals surface area contributed by atoms with Crippen LogP contribution in [0, 0.1) is 6.92 Å². The maximum atomic E-state index is 5.84. The summed E-state index contributed by atoms with van der Waals surface area (Å²) in [6.45, 7) is 1.81. The van der Waals surface area contributed by atoms with Crippen molar-refractivity contribution in [1.82, 2.24) is 15.2 Å². The normalized spacial score (nSPS) is 18.4. The summed E-state index contributed by atoms with van der Waals surface area (Å²) in [5.41, 5.74) is 6.75. The molecule has 4 nitrogen and oxygen atoms in total. The molecule has 0 amide bonds. The molecule has 0 bridgehead atoms. The third-order valence-corrected chi connectivity index (χ3v) is 2.84. The van der Waals surface area contributed by atoms with E-state index in [1.54, 1.807) is 0 Å². The molecule has 0 spiro atoms. The van der Waals surface area contributed by atoms with Crippen LogP contribution in [0.2, 0.25) is 0 Å². The van der Waals surface area contributed by atoms with Crippen LogP contribution in [0.15, 0.2) is 0 Å². The highest BCUT2D eigenvalue weighted by Gasteiger charge is 2.20. The average Bonchev–Trinajstić information content (AvgIpc) is 2.19. The Morgan fingerprint density at radius 2 is 1.86 bits per heavy atom. The molecule has 1 aromatic heterocycles. The van der Waals surface area contributed by atoms with Crippen LogP contribution in [-0.4, -0.2) is 15.2 Å². The highest BCUT2D eigenvalue weighted by atomic mass is 15.2. The first-order valence-corrected chi connectivity index (χ1v) is 5.24. The molecule has 76 valence electrons. The molecule has 1 aliphatic rings. The van der Waals surface area contributed by atoms with Crippen LogP contribution in [0.5, 0.6) is 0 Å². The summed E-state index contributed by atoms with van der Waals surface area (Å²) < 4.78 is 0. The standard InChI is InChI=1S/C10H16N4/c1-7-12-10(11)9(14-13-7)8-5-3-2-4-6-8/h8H,2-6H2,1H3,(H2,11,12,13). The Balaban J connectivity index is 2.22. The van der Waals surface area contributed by atoms with Crippen LogP contribution in [0.1, 0.15) is 49.5 Å². The van der Waals surface area contributed by atoms with E-state index in [0.717, 1.165) is 5.69 Å². The average molecular weight is 192 g/mol. The number of anilines is 1. The molecule has 1 heterocycles. The van der Waals surface area contributed by atoms with Gasteiger partial charge in [-0.25, -0.2) is 4.98 Å². The first kappa shape index (κ1) is 9.37. The Bertz CT molecular complexity index is 318. The minimum atomic E-state index is 0.490. The lowest BCUT2D eigenvalue weighted by molar-refractivity contribution is 0.433. The molecule has 1 fully saturated rings. The lowest BCUT2D eigenvalue weighted by Crippen LogP contribution is -2.12. The van der Waals surface area contributed by atoms with E-state index in [1.807, 2.05) is 6.92 Å². The third-order valence-electron chi connectivity index (χ3n) is 2.84. The van der Waals surface area contributed by atoms with Gasteiger partial charge >= 0.3 is 0 Å². The second-order valence-corrected chi connectivity index (χ2v) is 3.96. The van der Waals surface area contributed by atoms with Crippen LogP contribution in [0.4, 0.5) is 5.82 Å². The van der Waals surface area contributed by atoms with Crippen LogP contribution >= 0.6 is 0 Å². The third kappa shape index (κ3) is 1.84.